The van der Waals surface area contributed by atoms with Crippen LogP contribution in [0.5, 0.6) is 0 Å². The van der Waals surface area contributed by atoms with Gasteiger partial charge in [0, 0.05) is 54.4 Å². The van der Waals surface area contributed by atoms with E-state index in [2.05, 4.69) is 22.1 Å². The zero-order valence-electron chi connectivity index (χ0n) is 17.9. The first kappa shape index (κ1) is 21.7. The summed E-state index contributed by atoms with van der Waals surface area (Å²) in [6.45, 7) is 4.94. The quantitative estimate of drug-likeness (QED) is 0.623. The van der Waals surface area contributed by atoms with Crippen molar-refractivity contribution < 1.29 is 9.13 Å². The molecule has 2 aliphatic heterocycles. The molecule has 2 aromatic carbocycles. The number of thioether (sulfide) groups is 1. The van der Waals surface area contributed by atoms with Crippen LogP contribution in [0.25, 0.3) is 22.0 Å². The third-order valence-corrected chi connectivity index (χ3v) is 7.71. The van der Waals surface area contributed by atoms with Crippen LogP contribution in [0.3, 0.4) is 0 Å². The van der Waals surface area contributed by atoms with Gasteiger partial charge in [0.1, 0.15) is 11.6 Å². The third kappa shape index (κ3) is 3.69. The second-order valence-corrected chi connectivity index (χ2v) is 9.65. The molecule has 2 atom stereocenters. The molecular weight excluding hydrogens is 451 g/mol. The minimum Gasteiger partial charge on any atom is -0.379 e. The molecule has 1 saturated heterocycles. The van der Waals surface area contributed by atoms with E-state index >= 15 is 0 Å². The van der Waals surface area contributed by atoms with Gasteiger partial charge in [0.25, 0.3) is 0 Å². The van der Waals surface area contributed by atoms with Gasteiger partial charge in [-0.15, -0.1) is 11.8 Å². The van der Waals surface area contributed by atoms with Crippen LogP contribution in [0.4, 0.5) is 10.2 Å². The second kappa shape index (κ2) is 8.67. The summed E-state index contributed by atoms with van der Waals surface area (Å²) in [5.41, 5.74) is 2.14. The molecule has 2 unspecified atom stereocenters. The van der Waals surface area contributed by atoms with Crippen molar-refractivity contribution in [3.63, 3.8) is 0 Å². The normalized spacial score (nSPS) is 21.1. The number of hydrogen-bond acceptors (Lipinski definition) is 6. The number of nitrogens with one attached hydrogen (secondary N) is 1. The lowest BCUT2D eigenvalue weighted by Crippen LogP contribution is -2.51. The Hall–Kier alpha value is -2.13. The molecule has 0 bridgehead atoms. The van der Waals surface area contributed by atoms with Gasteiger partial charge >= 0.3 is 5.69 Å². The minimum atomic E-state index is -0.306. The largest absolute Gasteiger partial charge is 0.379 e. The molecular formula is C23H24ClFN4O2S. The highest BCUT2D eigenvalue weighted by Crippen LogP contribution is 2.45. The highest BCUT2D eigenvalue weighted by molar-refractivity contribution is 7.99. The second-order valence-electron chi connectivity index (χ2n) is 8.21. The van der Waals surface area contributed by atoms with Gasteiger partial charge < -0.3 is 15.0 Å². The van der Waals surface area contributed by atoms with Gasteiger partial charge in [0.15, 0.2) is 0 Å². The lowest BCUT2D eigenvalue weighted by molar-refractivity contribution is 0.107. The monoisotopic (exact) mass is 474 g/mol. The number of hydrogen-bond donors (Lipinski definition) is 1. The molecule has 1 aromatic heterocycles. The molecule has 32 heavy (non-hydrogen) atoms. The smallest absolute Gasteiger partial charge is 0.350 e. The average Bonchev–Trinajstić information content (AvgIpc) is 2.98. The average molecular weight is 475 g/mol. The predicted octanol–water partition coefficient (Wildman–Crippen LogP) is 3.77. The van der Waals surface area contributed by atoms with Crippen LogP contribution in [0.1, 0.15) is 6.92 Å². The predicted molar refractivity (Wildman–Crippen MR) is 128 cm³/mol. The molecule has 0 saturated carbocycles. The van der Waals surface area contributed by atoms with E-state index in [4.69, 9.17) is 16.3 Å². The van der Waals surface area contributed by atoms with E-state index in [0.717, 1.165) is 46.6 Å². The first-order valence-corrected chi connectivity index (χ1v) is 12.0. The molecule has 2 aliphatic rings. The number of aromatic nitrogens is 2. The van der Waals surface area contributed by atoms with E-state index < -0.39 is 0 Å². The van der Waals surface area contributed by atoms with Crippen molar-refractivity contribution in [2.75, 3.05) is 37.4 Å². The van der Waals surface area contributed by atoms with Crippen molar-refractivity contribution in [1.29, 1.82) is 0 Å². The lowest BCUT2D eigenvalue weighted by atomic mass is 10.0. The van der Waals surface area contributed by atoms with E-state index in [0.29, 0.717) is 23.1 Å². The third-order valence-electron chi connectivity index (χ3n) is 6.19. The summed E-state index contributed by atoms with van der Waals surface area (Å²) in [5, 5.41) is 4.79. The Labute approximate surface area is 194 Å². The maximum Gasteiger partial charge on any atom is 0.350 e. The van der Waals surface area contributed by atoms with Crippen LogP contribution in [0, 0.1) is 5.82 Å². The number of halogens is 2. The van der Waals surface area contributed by atoms with Crippen LogP contribution in [-0.4, -0.2) is 54.2 Å². The van der Waals surface area contributed by atoms with Crippen LogP contribution in [-0.2, 0) is 11.3 Å². The number of anilines is 1. The fourth-order valence-electron chi connectivity index (χ4n) is 4.51. The van der Waals surface area contributed by atoms with Crippen LogP contribution in [0.15, 0.2) is 40.0 Å². The summed E-state index contributed by atoms with van der Waals surface area (Å²) in [6, 6.07) is 8.39. The van der Waals surface area contributed by atoms with Crippen molar-refractivity contribution in [1.82, 2.24) is 14.9 Å². The summed E-state index contributed by atoms with van der Waals surface area (Å²) in [7, 11) is 1.65. The molecule has 1 N–H and O–H groups in total. The van der Waals surface area contributed by atoms with Gasteiger partial charge in [-0.25, -0.2) is 9.18 Å². The zero-order valence-corrected chi connectivity index (χ0v) is 19.5. The molecule has 0 amide bonds. The van der Waals surface area contributed by atoms with Gasteiger partial charge in [-0.05, 0) is 30.7 Å². The fourth-order valence-corrected chi connectivity index (χ4v) is 6.20. The number of methoxy groups -OCH3 is 1. The van der Waals surface area contributed by atoms with E-state index in [-0.39, 0.29) is 23.7 Å². The van der Waals surface area contributed by atoms with Gasteiger partial charge in [0.05, 0.1) is 23.2 Å². The Morgan fingerprint density at radius 1 is 1.31 bits per heavy atom. The molecule has 3 aromatic rings. The number of rotatable bonds is 3. The molecule has 3 heterocycles. The Bertz CT molecular complexity index is 1230. The molecule has 0 spiro atoms. The maximum atomic E-state index is 13.6. The minimum absolute atomic E-state index is 0.140. The maximum absolute atomic E-state index is 13.6. The first-order valence-electron chi connectivity index (χ1n) is 10.6. The Kier molecular flexibility index (Phi) is 5.88. The van der Waals surface area contributed by atoms with Crippen molar-refractivity contribution in [2.24, 2.45) is 0 Å². The highest BCUT2D eigenvalue weighted by atomic mass is 35.5. The Balaban J connectivity index is 1.83. The SMILES string of the molecule is COC1CSc2c(-c3ccc(F)cc3)c(Cl)cc3c(N4CCNCC4C)nc(=O)n(c23)C1. The molecule has 9 heteroatoms. The zero-order chi connectivity index (χ0) is 22.4. The van der Waals surface area contributed by atoms with E-state index in [1.807, 2.05) is 6.07 Å². The molecule has 0 aliphatic carbocycles. The fraction of sp³-hybridized carbons (Fsp3) is 0.391. The van der Waals surface area contributed by atoms with Crippen molar-refractivity contribution in [3.8, 4) is 11.1 Å². The molecule has 168 valence electrons. The number of nitrogens with zero attached hydrogens (tertiary/aromatic N) is 3. The van der Waals surface area contributed by atoms with Gasteiger partial charge in [-0.1, -0.05) is 23.7 Å². The Morgan fingerprint density at radius 2 is 2.09 bits per heavy atom. The topological polar surface area (TPSA) is 59.4 Å². The van der Waals surface area contributed by atoms with Gasteiger partial charge in [-0.2, -0.15) is 4.98 Å². The van der Waals surface area contributed by atoms with E-state index in [9.17, 15) is 9.18 Å². The summed E-state index contributed by atoms with van der Waals surface area (Å²) < 4.78 is 20.9. The van der Waals surface area contributed by atoms with Gasteiger partial charge in [-0.3, -0.25) is 4.57 Å². The summed E-state index contributed by atoms with van der Waals surface area (Å²) >= 11 is 8.48. The molecule has 1 fully saturated rings. The first-order chi connectivity index (χ1) is 15.5. The van der Waals surface area contributed by atoms with E-state index in [1.54, 1.807) is 35.6 Å². The van der Waals surface area contributed by atoms with Crippen molar-refractivity contribution >= 4 is 40.1 Å². The standard InChI is InChI=1S/C23H24ClFN4O2S/c1-13-10-26-7-8-28(13)22-17-9-18(24)19(14-3-5-15(25)6-4-14)21-20(17)29(23(30)27-22)11-16(31-2)12-32-21/h3-6,9,13,16,26H,7-8,10-12H2,1-2H3. The lowest BCUT2D eigenvalue weighted by Gasteiger charge is -2.35. The Morgan fingerprint density at radius 3 is 2.81 bits per heavy atom. The number of benzene rings is 2. The van der Waals surface area contributed by atoms with Gasteiger partial charge in [0.2, 0.25) is 0 Å². The molecule has 0 radical (unpaired) electrons. The van der Waals surface area contributed by atoms with Crippen LogP contribution < -0.4 is 15.9 Å². The molecule has 6 nitrogen and oxygen atoms in total. The van der Waals surface area contributed by atoms with Crippen molar-refractivity contribution in [2.45, 2.75) is 30.5 Å². The number of piperazine rings is 1. The summed E-state index contributed by atoms with van der Waals surface area (Å²) in [6.07, 6.45) is -0.140. The summed E-state index contributed by atoms with van der Waals surface area (Å²) in [4.78, 5) is 20.9. The van der Waals surface area contributed by atoms with Crippen molar-refractivity contribution in [3.05, 3.63) is 51.7 Å². The van der Waals surface area contributed by atoms with Crippen LogP contribution in [0.2, 0.25) is 5.02 Å². The van der Waals surface area contributed by atoms with Crippen LogP contribution >= 0.6 is 23.4 Å². The molecule has 5 rings (SSSR count). The number of ether oxygens (including phenoxy) is 1. The summed E-state index contributed by atoms with van der Waals surface area (Å²) in [5.74, 6) is 1.03. The highest BCUT2D eigenvalue weighted by Gasteiger charge is 2.29. The van der Waals surface area contributed by atoms with E-state index in [1.165, 1.54) is 12.1 Å².